The van der Waals surface area contributed by atoms with Crippen LogP contribution in [-0.4, -0.2) is 23.0 Å². The van der Waals surface area contributed by atoms with Gasteiger partial charge in [0.25, 0.3) is 0 Å². The first kappa shape index (κ1) is 14.6. The average Bonchev–Trinajstić information content (AvgIpc) is 2.27. The number of hydrogen-bond donors (Lipinski definition) is 2. The van der Waals surface area contributed by atoms with Crippen molar-refractivity contribution in [2.75, 3.05) is 6.54 Å². The summed E-state index contributed by atoms with van der Waals surface area (Å²) in [7, 11) is 0. The van der Waals surface area contributed by atoms with Crippen LogP contribution in [0.1, 0.15) is 45.9 Å². The van der Waals surface area contributed by atoms with Crippen LogP contribution in [-0.2, 0) is 4.79 Å². The third-order valence-corrected chi connectivity index (χ3v) is 2.45. The monoisotopic (exact) mass is 249 g/mol. The van der Waals surface area contributed by atoms with Crippen molar-refractivity contribution >= 4 is 5.91 Å². The van der Waals surface area contributed by atoms with E-state index in [1.165, 1.54) is 0 Å². The van der Waals surface area contributed by atoms with Crippen molar-refractivity contribution in [1.29, 1.82) is 0 Å². The summed E-state index contributed by atoms with van der Waals surface area (Å²) >= 11 is 0. The summed E-state index contributed by atoms with van der Waals surface area (Å²) < 4.78 is 0. The fourth-order valence-electron chi connectivity index (χ4n) is 1.62. The van der Waals surface area contributed by atoms with Gasteiger partial charge in [-0.15, -0.1) is 0 Å². The van der Waals surface area contributed by atoms with Crippen LogP contribution >= 0.6 is 0 Å². The van der Waals surface area contributed by atoms with Crippen LogP contribution in [0.2, 0.25) is 0 Å². The Morgan fingerprint density at radius 3 is 2.67 bits per heavy atom. The first-order valence-electron chi connectivity index (χ1n) is 6.34. The molecule has 1 heterocycles. The highest BCUT2D eigenvalue weighted by molar-refractivity contribution is 5.76. The van der Waals surface area contributed by atoms with E-state index in [-0.39, 0.29) is 17.5 Å². The van der Waals surface area contributed by atoms with Gasteiger partial charge in [-0.25, -0.2) is 0 Å². The molecule has 0 aliphatic carbocycles. The Hall–Kier alpha value is -1.42. The fraction of sp³-hybridized carbons (Fsp3) is 0.571. The second kappa shape index (κ2) is 6.50. The molecule has 0 saturated heterocycles. The number of amides is 1. The number of rotatable bonds is 5. The van der Waals surface area contributed by atoms with Crippen molar-refractivity contribution < 1.29 is 4.79 Å². The van der Waals surface area contributed by atoms with Crippen molar-refractivity contribution in [2.24, 2.45) is 0 Å². The zero-order valence-electron chi connectivity index (χ0n) is 11.7. The van der Waals surface area contributed by atoms with E-state index in [1.54, 1.807) is 6.20 Å². The number of nitrogens with zero attached hydrogens (tertiary/aromatic N) is 1. The Balaban J connectivity index is 2.28. The fourth-order valence-corrected chi connectivity index (χ4v) is 1.62. The zero-order valence-corrected chi connectivity index (χ0v) is 11.7. The minimum Gasteiger partial charge on any atom is -0.351 e. The molecule has 0 bridgehead atoms. The maximum Gasteiger partial charge on any atom is 0.221 e. The van der Waals surface area contributed by atoms with E-state index in [0.717, 1.165) is 5.69 Å². The van der Waals surface area contributed by atoms with Crippen LogP contribution in [0.5, 0.6) is 0 Å². The minimum absolute atomic E-state index is 0.0724. The predicted molar refractivity (Wildman–Crippen MR) is 73.2 cm³/mol. The van der Waals surface area contributed by atoms with Gasteiger partial charge in [0.1, 0.15) is 0 Å². The highest BCUT2D eigenvalue weighted by Gasteiger charge is 2.13. The number of nitrogens with one attached hydrogen (secondary N) is 2. The zero-order chi connectivity index (χ0) is 13.6. The standard InChI is InChI=1S/C14H23N3O/c1-11(12-7-5-6-9-16-12)15-10-8-13(18)17-14(2,3)4/h5-7,9,11,15H,8,10H2,1-4H3,(H,17,18). The first-order valence-corrected chi connectivity index (χ1v) is 6.34. The molecule has 0 radical (unpaired) electrons. The smallest absolute Gasteiger partial charge is 0.221 e. The molecule has 0 spiro atoms. The Kier molecular flexibility index (Phi) is 5.28. The van der Waals surface area contributed by atoms with E-state index in [9.17, 15) is 4.79 Å². The molecule has 100 valence electrons. The van der Waals surface area contributed by atoms with Gasteiger partial charge in [0.2, 0.25) is 5.91 Å². The summed E-state index contributed by atoms with van der Waals surface area (Å²) in [5.74, 6) is 0.0724. The molecule has 2 N–H and O–H groups in total. The highest BCUT2D eigenvalue weighted by Crippen LogP contribution is 2.07. The third-order valence-electron chi connectivity index (χ3n) is 2.45. The molecule has 1 rings (SSSR count). The van der Waals surface area contributed by atoms with Gasteiger partial charge < -0.3 is 10.6 Å². The van der Waals surface area contributed by atoms with Gasteiger partial charge in [0, 0.05) is 30.7 Å². The molecule has 1 amide bonds. The molecule has 1 aromatic heterocycles. The van der Waals surface area contributed by atoms with E-state index < -0.39 is 0 Å². The van der Waals surface area contributed by atoms with E-state index in [2.05, 4.69) is 15.6 Å². The molecule has 4 nitrogen and oxygen atoms in total. The van der Waals surface area contributed by atoms with Crippen LogP contribution < -0.4 is 10.6 Å². The van der Waals surface area contributed by atoms with Gasteiger partial charge >= 0.3 is 0 Å². The van der Waals surface area contributed by atoms with Crippen molar-refractivity contribution in [2.45, 2.75) is 45.7 Å². The van der Waals surface area contributed by atoms with Crippen LogP contribution in [0.3, 0.4) is 0 Å². The lowest BCUT2D eigenvalue weighted by Gasteiger charge is -2.21. The van der Waals surface area contributed by atoms with Crippen molar-refractivity contribution in [3.05, 3.63) is 30.1 Å². The van der Waals surface area contributed by atoms with Gasteiger partial charge in [-0.1, -0.05) is 6.07 Å². The summed E-state index contributed by atoms with van der Waals surface area (Å²) in [5, 5.41) is 6.23. The van der Waals surface area contributed by atoms with E-state index in [4.69, 9.17) is 0 Å². The van der Waals surface area contributed by atoms with Crippen molar-refractivity contribution in [3.63, 3.8) is 0 Å². The summed E-state index contributed by atoms with van der Waals surface area (Å²) in [6.07, 6.45) is 2.26. The molecule has 18 heavy (non-hydrogen) atoms. The number of pyridine rings is 1. The molecule has 0 saturated carbocycles. The predicted octanol–water partition coefficient (Wildman–Crippen LogP) is 2.04. The molecular formula is C14H23N3O. The summed E-state index contributed by atoms with van der Waals surface area (Å²) in [6, 6.07) is 6.00. The van der Waals surface area contributed by atoms with Gasteiger partial charge in [-0.3, -0.25) is 9.78 Å². The Bertz CT molecular complexity index is 370. The van der Waals surface area contributed by atoms with Crippen molar-refractivity contribution in [3.8, 4) is 0 Å². The van der Waals surface area contributed by atoms with Gasteiger partial charge in [0.05, 0.1) is 5.69 Å². The molecule has 1 atom stereocenters. The second-order valence-electron chi connectivity index (χ2n) is 5.48. The molecule has 0 fully saturated rings. The summed E-state index contributed by atoms with van der Waals surface area (Å²) in [6.45, 7) is 8.64. The molecule has 4 heteroatoms. The lowest BCUT2D eigenvalue weighted by Crippen LogP contribution is -2.41. The van der Waals surface area contributed by atoms with Gasteiger partial charge in [-0.05, 0) is 39.8 Å². The molecular weight excluding hydrogens is 226 g/mol. The maximum atomic E-state index is 11.6. The van der Waals surface area contributed by atoms with Crippen LogP contribution in [0.15, 0.2) is 24.4 Å². The minimum atomic E-state index is -0.163. The Morgan fingerprint density at radius 1 is 1.39 bits per heavy atom. The van der Waals surface area contributed by atoms with Crippen LogP contribution in [0, 0.1) is 0 Å². The molecule has 1 aromatic rings. The van der Waals surface area contributed by atoms with Gasteiger partial charge in [0.15, 0.2) is 0 Å². The first-order chi connectivity index (χ1) is 8.38. The molecule has 0 aliphatic rings. The number of aromatic nitrogens is 1. The van der Waals surface area contributed by atoms with E-state index in [0.29, 0.717) is 13.0 Å². The Morgan fingerprint density at radius 2 is 2.11 bits per heavy atom. The normalized spacial score (nSPS) is 13.1. The van der Waals surface area contributed by atoms with Crippen LogP contribution in [0.25, 0.3) is 0 Å². The largest absolute Gasteiger partial charge is 0.351 e. The molecule has 0 aromatic carbocycles. The van der Waals surface area contributed by atoms with Crippen molar-refractivity contribution in [1.82, 2.24) is 15.6 Å². The number of carbonyl (C=O) groups is 1. The SMILES string of the molecule is CC(NCCC(=O)NC(C)(C)C)c1ccccn1. The Labute approximate surface area is 109 Å². The highest BCUT2D eigenvalue weighted by atomic mass is 16.1. The lowest BCUT2D eigenvalue weighted by molar-refractivity contribution is -0.122. The summed E-state index contributed by atoms with van der Waals surface area (Å²) in [4.78, 5) is 15.9. The topological polar surface area (TPSA) is 54.0 Å². The van der Waals surface area contributed by atoms with Crippen LogP contribution in [0.4, 0.5) is 0 Å². The molecule has 0 aliphatic heterocycles. The molecule has 1 unspecified atom stereocenters. The number of carbonyl (C=O) groups excluding carboxylic acids is 1. The van der Waals surface area contributed by atoms with Gasteiger partial charge in [-0.2, -0.15) is 0 Å². The van der Waals surface area contributed by atoms with E-state index in [1.807, 2.05) is 45.9 Å². The maximum absolute atomic E-state index is 11.6. The summed E-state index contributed by atoms with van der Waals surface area (Å²) in [5.41, 5.74) is 0.831. The number of hydrogen-bond acceptors (Lipinski definition) is 3. The quantitative estimate of drug-likeness (QED) is 0.839. The third kappa shape index (κ3) is 5.77. The second-order valence-corrected chi connectivity index (χ2v) is 5.48. The average molecular weight is 249 g/mol. The lowest BCUT2D eigenvalue weighted by atomic mass is 10.1. The van der Waals surface area contributed by atoms with E-state index >= 15 is 0 Å².